The van der Waals surface area contributed by atoms with Crippen LogP contribution in [0.3, 0.4) is 0 Å². The third kappa shape index (κ3) is 3.35. The Morgan fingerprint density at radius 3 is 2.88 bits per heavy atom. The average Bonchev–Trinajstić information content (AvgIpc) is 2.36. The molecule has 2 rings (SSSR count). The van der Waals surface area contributed by atoms with E-state index in [0.717, 1.165) is 37.6 Å². The van der Waals surface area contributed by atoms with Crippen molar-refractivity contribution in [1.82, 2.24) is 4.90 Å². The van der Waals surface area contributed by atoms with E-state index >= 15 is 0 Å². The molecule has 4 heteroatoms. The van der Waals surface area contributed by atoms with Crippen molar-refractivity contribution in [3.05, 3.63) is 24.3 Å². The van der Waals surface area contributed by atoms with Gasteiger partial charge in [-0.2, -0.15) is 0 Å². The Labute approximate surface area is 102 Å². The van der Waals surface area contributed by atoms with Gasteiger partial charge in [-0.1, -0.05) is 12.1 Å². The normalized spacial score (nSPS) is 18.4. The van der Waals surface area contributed by atoms with Crippen LogP contribution in [0, 0.1) is 0 Å². The smallest absolute Gasteiger partial charge is 0.161 e. The maximum atomic E-state index is 5.88. The predicted octanol–water partition coefficient (Wildman–Crippen LogP) is 1.11. The van der Waals surface area contributed by atoms with Gasteiger partial charge in [-0.3, -0.25) is 0 Å². The first-order valence-corrected chi connectivity index (χ1v) is 6.06. The lowest BCUT2D eigenvalue weighted by Crippen LogP contribution is -2.40. The van der Waals surface area contributed by atoms with Crippen molar-refractivity contribution in [2.45, 2.75) is 12.5 Å². The van der Waals surface area contributed by atoms with Crippen LogP contribution in [0.4, 0.5) is 0 Å². The molecule has 1 aliphatic heterocycles. The molecule has 1 aromatic carbocycles. The van der Waals surface area contributed by atoms with Crippen LogP contribution in [0.2, 0.25) is 0 Å². The summed E-state index contributed by atoms with van der Waals surface area (Å²) in [5, 5.41) is 0. The first kappa shape index (κ1) is 12.2. The largest absolute Gasteiger partial charge is 0.486 e. The predicted molar refractivity (Wildman–Crippen MR) is 67.5 cm³/mol. The van der Waals surface area contributed by atoms with Crippen molar-refractivity contribution in [3.63, 3.8) is 0 Å². The highest BCUT2D eigenvalue weighted by Gasteiger charge is 2.21. The summed E-state index contributed by atoms with van der Waals surface area (Å²) in [5.74, 6) is 1.68. The van der Waals surface area contributed by atoms with Gasteiger partial charge >= 0.3 is 0 Å². The summed E-state index contributed by atoms with van der Waals surface area (Å²) in [6.45, 7) is 3.21. The minimum atomic E-state index is 0.104. The van der Waals surface area contributed by atoms with Gasteiger partial charge in [-0.15, -0.1) is 0 Å². The number of likely N-dealkylation sites (N-methyl/N-ethyl adjacent to an activating group) is 1. The van der Waals surface area contributed by atoms with Crippen LogP contribution in [0.5, 0.6) is 11.5 Å². The van der Waals surface area contributed by atoms with E-state index in [2.05, 4.69) is 11.9 Å². The number of hydrogen-bond donors (Lipinski definition) is 1. The molecule has 0 spiro atoms. The lowest BCUT2D eigenvalue weighted by Gasteiger charge is -2.29. The number of ether oxygens (including phenoxy) is 2. The molecule has 0 radical (unpaired) electrons. The molecule has 0 saturated carbocycles. The van der Waals surface area contributed by atoms with Crippen molar-refractivity contribution < 1.29 is 9.47 Å². The van der Waals surface area contributed by atoms with Gasteiger partial charge in [0.2, 0.25) is 0 Å². The van der Waals surface area contributed by atoms with Crippen LogP contribution in [-0.4, -0.2) is 44.3 Å². The summed E-state index contributed by atoms with van der Waals surface area (Å²) in [5.41, 5.74) is 5.49. The number of nitrogens with zero attached hydrogens (tertiary/aromatic N) is 1. The second kappa shape index (κ2) is 5.89. The van der Waals surface area contributed by atoms with E-state index in [4.69, 9.17) is 15.2 Å². The van der Waals surface area contributed by atoms with E-state index in [9.17, 15) is 0 Å². The van der Waals surface area contributed by atoms with Gasteiger partial charge in [0.25, 0.3) is 0 Å². The van der Waals surface area contributed by atoms with Crippen LogP contribution in [-0.2, 0) is 0 Å². The number of nitrogens with two attached hydrogens (primary N) is 1. The summed E-state index contributed by atoms with van der Waals surface area (Å²) in [6, 6.07) is 7.80. The molecule has 17 heavy (non-hydrogen) atoms. The Morgan fingerprint density at radius 2 is 2.12 bits per heavy atom. The standard InChI is InChI=1S/C13H20N2O2/c1-15(8-4-7-14)9-11-10-16-12-5-2-3-6-13(12)17-11/h2-3,5-6,11H,4,7-10,14H2,1H3. The molecule has 1 atom stereocenters. The lowest BCUT2D eigenvalue weighted by molar-refractivity contribution is 0.0654. The molecule has 0 aliphatic carbocycles. The summed E-state index contributed by atoms with van der Waals surface area (Å²) in [4.78, 5) is 2.23. The van der Waals surface area contributed by atoms with Gasteiger partial charge in [0.1, 0.15) is 12.7 Å². The molecule has 1 heterocycles. The number of benzene rings is 1. The second-order valence-electron chi connectivity index (χ2n) is 4.40. The molecule has 1 unspecified atom stereocenters. The van der Waals surface area contributed by atoms with Crippen LogP contribution in [0.1, 0.15) is 6.42 Å². The van der Waals surface area contributed by atoms with E-state index in [-0.39, 0.29) is 6.10 Å². The molecule has 2 N–H and O–H groups in total. The first-order chi connectivity index (χ1) is 8.29. The molecule has 1 aliphatic rings. The first-order valence-electron chi connectivity index (χ1n) is 6.06. The molecule has 94 valence electrons. The van der Waals surface area contributed by atoms with Crippen LogP contribution in [0.25, 0.3) is 0 Å². The minimum Gasteiger partial charge on any atom is -0.486 e. The zero-order valence-electron chi connectivity index (χ0n) is 10.3. The molecular formula is C13H20N2O2. The molecule has 0 saturated heterocycles. The summed E-state index contributed by atoms with van der Waals surface area (Å²) in [6.07, 6.45) is 1.12. The topological polar surface area (TPSA) is 47.7 Å². The van der Waals surface area contributed by atoms with E-state index in [1.54, 1.807) is 0 Å². The number of rotatable bonds is 5. The highest BCUT2D eigenvalue weighted by Crippen LogP contribution is 2.30. The third-order valence-corrected chi connectivity index (χ3v) is 2.83. The molecule has 0 amide bonds. The average molecular weight is 236 g/mol. The van der Waals surface area contributed by atoms with Gasteiger partial charge in [-0.25, -0.2) is 0 Å². The van der Waals surface area contributed by atoms with Gasteiger partial charge in [0, 0.05) is 6.54 Å². The van der Waals surface area contributed by atoms with E-state index in [1.165, 1.54) is 0 Å². The van der Waals surface area contributed by atoms with Gasteiger partial charge in [-0.05, 0) is 38.7 Å². The Balaban J connectivity index is 1.85. The Bertz CT molecular complexity index is 357. The molecular weight excluding hydrogens is 216 g/mol. The van der Waals surface area contributed by atoms with Crippen molar-refractivity contribution in [2.24, 2.45) is 5.73 Å². The SMILES string of the molecule is CN(CCCN)CC1COc2ccccc2O1. The maximum Gasteiger partial charge on any atom is 0.161 e. The fourth-order valence-corrected chi connectivity index (χ4v) is 1.95. The second-order valence-corrected chi connectivity index (χ2v) is 4.40. The highest BCUT2D eigenvalue weighted by atomic mass is 16.6. The molecule has 1 aromatic rings. The minimum absolute atomic E-state index is 0.104. The monoisotopic (exact) mass is 236 g/mol. The zero-order valence-corrected chi connectivity index (χ0v) is 10.3. The Morgan fingerprint density at radius 1 is 1.35 bits per heavy atom. The van der Waals surface area contributed by atoms with Crippen molar-refractivity contribution >= 4 is 0 Å². The van der Waals surface area contributed by atoms with Crippen LogP contribution in [0.15, 0.2) is 24.3 Å². The Hall–Kier alpha value is -1.26. The highest BCUT2D eigenvalue weighted by molar-refractivity contribution is 5.40. The molecule has 0 aromatic heterocycles. The quantitative estimate of drug-likeness (QED) is 0.832. The maximum absolute atomic E-state index is 5.88. The fourth-order valence-electron chi connectivity index (χ4n) is 1.95. The molecule has 0 fully saturated rings. The summed E-state index contributed by atoms with van der Waals surface area (Å²) < 4.78 is 11.5. The summed E-state index contributed by atoms with van der Waals surface area (Å²) in [7, 11) is 2.08. The van der Waals surface area contributed by atoms with Gasteiger partial charge in [0.15, 0.2) is 11.5 Å². The van der Waals surface area contributed by atoms with Crippen molar-refractivity contribution in [1.29, 1.82) is 0 Å². The van der Waals surface area contributed by atoms with Crippen molar-refractivity contribution in [3.8, 4) is 11.5 Å². The van der Waals surface area contributed by atoms with Gasteiger partial charge in [0.05, 0.1) is 0 Å². The molecule has 0 bridgehead atoms. The third-order valence-electron chi connectivity index (χ3n) is 2.83. The number of para-hydroxylation sites is 2. The zero-order chi connectivity index (χ0) is 12.1. The number of hydrogen-bond acceptors (Lipinski definition) is 4. The summed E-state index contributed by atoms with van der Waals surface area (Å²) >= 11 is 0. The van der Waals surface area contributed by atoms with E-state index < -0.39 is 0 Å². The number of fused-ring (bicyclic) bond motifs is 1. The van der Waals surface area contributed by atoms with Crippen LogP contribution < -0.4 is 15.2 Å². The lowest BCUT2D eigenvalue weighted by atomic mass is 10.2. The van der Waals surface area contributed by atoms with Gasteiger partial charge < -0.3 is 20.1 Å². The fraction of sp³-hybridized carbons (Fsp3) is 0.538. The van der Waals surface area contributed by atoms with E-state index in [1.807, 2.05) is 24.3 Å². The van der Waals surface area contributed by atoms with E-state index in [0.29, 0.717) is 6.61 Å². The Kier molecular flexibility index (Phi) is 4.23. The van der Waals surface area contributed by atoms with Crippen LogP contribution >= 0.6 is 0 Å². The van der Waals surface area contributed by atoms with Crippen molar-refractivity contribution in [2.75, 3.05) is 33.3 Å². The molecule has 4 nitrogen and oxygen atoms in total.